The highest BCUT2D eigenvalue weighted by atomic mass is 16.1. The zero-order chi connectivity index (χ0) is 11.3. The maximum absolute atomic E-state index is 11.3. The summed E-state index contributed by atoms with van der Waals surface area (Å²) in [5, 5.41) is 3.28. The summed E-state index contributed by atoms with van der Waals surface area (Å²) in [7, 11) is 4.07. The Labute approximate surface area is 92.0 Å². The van der Waals surface area contributed by atoms with Crippen LogP contribution in [0.3, 0.4) is 0 Å². The molecule has 0 amide bonds. The molecule has 0 bridgehead atoms. The highest BCUT2D eigenvalue weighted by Gasteiger charge is 1.96. The van der Waals surface area contributed by atoms with Gasteiger partial charge in [0.05, 0.1) is 5.69 Å². The molecule has 0 aliphatic rings. The molecule has 0 saturated heterocycles. The molecule has 0 atom stereocenters. The first-order chi connectivity index (χ1) is 7.13. The van der Waals surface area contributed by atoms with Gasteiger partial charge in [0.15, 0.2) is 0 Å². The van der Waals surface area contributed by atoms with Gasteiger partial charge in [0.2, 0.25) is 0 Å². The average molecular weight is 211 g/mol. The minimum atomic E-state index is 0. The van der Waals surface area contributed by atoms with Crippen molar-refractivity contribution < 1.29 is 1.43 Å². The van der Waals surface area contributed by atoms with Crippen LogP contribution in [0.1, 0.15) is 8.35 Å². The Morgan fingerprint density at radius 3 is 2.80 bits per heavy atom. The molecule has 0 saturated carbocycles. The summed E-state index contributed by atoms with van der Waals surface area (Å²) in [4.78, 5) is 13.4. The first-order valence-corrected chi connectivity index (χ1v) is 5.22. The van der Waals surface area contributed by atoms with Crippen LogP contribution in [0.5, 0.6) is 0 Å². The van der Waals surface area contributed by atoms with Crippen LogP contribution in [-0.4, -0.2) is 36.7 Å². The summed E-state index contributed by atoms with van der Waals surface area (Å²) >= 11 is 0. The van der Waals surface area contributed by atoms with Gasteiger partial charge in [-0.05, 0) is 27.1 Å². The monoisotopic (exact) mass is 211 g/mol. The van der Waals surface area contributed by atoms with Crippen molar-refractivity contribution in [2.75, 3.05) is 32.5 Å². The van der Waals surface area contributed by atoms with Crippen LogP contribution in [0.15, 0.2) is 23.1 Å². The van der Waals surface area contributed by atoms with Gasteiger partial charge in [0, 0.05) is 33.3 Å². The molecule has 0 unspecified atom stereocenters. The fraction of sp³-hybridized carbons (Fsp3) is 0.545. The highest BCUT2D eigenvalue weighted by Crippen LogP contribution is 2.02. The summed E-state index contributed by atoms with van der Waals surface area (Å²) in [5.41, 5.74) is 1.05. The molecule has 15 heavy (non-hydrogen) atoms. The van der Waals surface area contributed by atoms with E-state index in [0.29, 0.717) is 6.54 Å². The number of aromatic nitrogens is 1. The summed E-state index contributed by atoms with van der Waals surface area (Å²) in [5.74, 6) is 0. The lowest BCUT2D eigenvalue weighted by Gasteiger charge is -2.12. The van der Waals surface area contributed by atoms with Gasteiger partial charge in [-0.25, -0.2) is 0 Å². The van der Waals surface area contributed by atoms with Gasteiger partial charge < -0.3 is 14.8 Å². The molecule has 1 rings (SSSR count). The normalized spacial score (nSPS) is 10.7. The van der Waals surface area contributed by atoms with E-state index in [-0.39, 0.29) is 6.99 Å². The SMILES string of the molecule is CCn1cc(NCCN(C)C)ccc1=O.[HH]. The largest absolute Gasteiger partial charge is 0.383 e. The van der Waals surface area contributed by atoms with Crippen LogP contribution in [0.25, 0.3) is 0 Å². The fourth-order valence-electron chi connectivity index (χ4n) is 1.31. The minimum Gasteiger partial charge on any atom is -0.383 e. The molecule has 1 aromatic heterocycles. The van der Waals surface area contributed by atoms with Crippen molar-refractivity contribution in [3.63, 3.8) is 0 Å². The van der Waals surface area contributed by atoms with Crippen LogP contribution in [0.2, 0.25) is 0 Å². The van der Waals surface area contributed by atoms with E-state index in [9.17, 15) is 4.79 Å². The smallest absolute Gasteiger partial charge is 0.250 e. The molecule has 1 N–H and O–H groups in total. The van der Waals surface area contributed by atoms with Crippen molar-refractivity contribution >= 4 is 5.69 Å². The standard InChI is InChI=1S/C11H19N3O.H2/c1-4-14-9-10(5-6-11(14)15)12-7-8-13(2)3;/h5-6,9,12H,4,7-8H2,1-3H3;1H. The first-order valence-electron chi connectivity index (χ1n) is 5.22. The van der Waals surface area contributed by atoms with Gasteiger partial charge in [-0.3, -0.25) is 4.79 Å². The lowest BCUT2D eigenvalue weighted by Crippen LogP contribution is -2.22. The number of hydrogen-bond donors (Lipinski definition) is 1. The molecule has 1 heterocycles. The number of rotatable bonds is 5. The van der Waals surface area contributed by atoms with E-state index in [2.05, 4.69) is 10.2 Å². The molecule has 0 spiro atoms. The Kier molecular flexibility index (Phi) is 4.37. The summed E-state index contributed by atoms with van der Waals surface area (Å²) in [6.45, 7) is 4.53. The average Bonchev–Trinajstić information content (AvgIpc) is 2.20. The van der Waals surface area contributed by atoms with Crippen LogP contribution in [0.4, 0.5) is 5.69 Å². The highest BCUT2D eigenvalue weighted by molar-refractivity contribution is 5.40. The number of likely N-dealkylation sites (N-methyl/N-ethyl adjacent to an activating group) is 1. The van der Waals surface area contributed by atoms with E-state index in [1.165, 1.54) is 0 Å². The van der Waals surface area contributed by atoms with E-state index in [1.807, 2.05) is 33.3 Å². The lowest BCUT2D eigenvalue weighted by molar-refractivity contribution is 0.425. The van der Waals surface area contributed by atoms with Gasteiger partial charge in [0.1, 0.15) is 0 Å². The second-order valence-electron chi connectivity index (χ2n) is 3.77. The number of pyridine rings is 1. The molecule has 4 heteroatoms. The van der Waals surface area contributed by atoms with Gasteiger partial charge >= 0.3 is 0 Å². The summed E-state index contributed by atoms with van der Waals surface area (Å²) in [6.07, 6.45) is 1.86. The fourth-order valence-corrected chi connectivity index (χ4v) is 1.31. The van der Waals surface area contributed by atoms with Crippen LogP contribution in [-0.2, 0) is 6.54 Å². The Bertz CT molecular complexity index is 362. The zero-order valence-electron chi connectivity index (χ0n) is 9.66. The second kappa shape index (κ2) is 5.56. The Morgan fingerprint density at radius 2 is 2.20 bits per heavy atom. The number of anilines is 1. The molecule has 4 nitrogen and oxygen atoms in total. The van der Waals surface area contributed by atoms with Gasteiger partial charge in [-0.15, -0.1) is 0 Å². The van der Waals surface area contributed by atoms with Gasteiger partial charge in [-0.2, -0.15) is 0 Å². The van der Waals surface area contributed by atoms with E-state index >= 15 is 0 Å². The van der Waals surface area contributed by atoms with Crippen molar-refractivity contribution in [2.24, 2.45) is 0 Å². The minimum absolute atomic E-state index is 0. The van der Waals surface area contributed by atoms with Gasteiger partial charge in [0.25, 0.3) is 5.56 Å². The van der Waals surface area contributed by atoms with Crippen molar-refractivity contribution in [3.8, 4) is 0 Å². The third-order valence-corrected chi connectivity index (χ3v) is 2.21. The Hall–Kier alpha value is -1.29. The van der Waals surface area contributed by atoms with Crippen molar-refractivity contribution in [1.29, 1.82) is 0 Å². The van der Waals surface area contributed by atoms with E-state index in [1.54, 1.807) is 10.6 Å². The van der Waals surface area contributed by atoms with Crippen LogP contribution >= 0.6 is 0 Å². The first kappa shape index (κ1) is 11.8. The summed E-state index contributed by atoms with van der Waals surface area (Å²) in [6, 6.07) is 3.42. The van der Waals surface area contributed by atoms with Crippen molar-refractivity contribution in [1.82, 2.24) is 9.47 Å². The Balaban J connectivity index is 0.00000225. The van der Waals surface area contributed by atoms with Crippen molar-refractivity contribution in [2.45, 2.75) is 13.5 Å². The van der Waals surface area contributed by atoms with E-state index in [0.717, 1.165) is 18.8 Å². The third kappa shape index (κ3) is 3.75. The quantitative estimate of drug-likeness (QED) is 0.792. The molecule has 0 aliphatic heterocycles. The number of hydrogen-bond acceptors (Lipinski definition) is 3. The maximum atomic E-state index is 11.3. The topological polar surface area (TPSA) is 37.3 Å². The molecule has 86 valence electrons. The predicted molar refractivity (Wildman–Crippen MR) is 65.5 cm³/mol. The Morgan fingerprint density at radius 1 is 1.47 bits per heavy atom. The number of aryl methyl sites for hydroxylation is 1. The molecular weight excluding hydrogens is 190 g/mol. The van der Waals surface area contributed by atoms with Gasteiger partial charge in [-0.1, -0.05) is 0 Å². The predicted octanol–water partition coefficient (Wildman–Crippen LogP) is 1.09. The van der Waals surface area contributed by atoms with Crippen LogP contribution in [0, 0.1) is 0 Å². The molecule has 1 aromatic rings. The molecular formula is C11H21N3O. The van der Waals surface area contributed by atoms with E-state index in [4.69, 9.17) is 0 Å². The van der Waals surface area contributed by atoms with Crippen LogP contribution < -0.4 is 10.9 Å². The summed E-state index contributed by atoms with van der Waals surface area (Å²) < 4.78 is 1.69. The van der Waals surface area contributed by atoms with Crippen molar-refractivity contribution in [3.05, 3.63) is 28.7 Å². The molecule has 0 fully saturated rings. The third-order valence-electron chi connectivity index (χ3n) is 2.21. The molecule has 0 aliphatic carbocycles. The molecule has 0 aromatic carbocycles. The lowest BCUT2D eigenvalue weighted by atomic mass is 10.4. The zero-order valence-corrected chi connectivity index (χ0v) is 9.66. The second-order valence-corrected chi connectivity index (χ2v) is 3.77. The maximum Gasteiger partial charge on any atom is 0.250 e. The molecule has 0 radical (unpaired) electrons. The number of nitrogens with zero attached hydrogens (tertiary/aromatic N) is 2. The van der Waals surface area contributed by atoms with E-state index < -0.39 is 0 Å². The number of nitrogens with one attached hydrogen (secondary N) is 1.